The van der Waals surface area contributed by atoms with E-state index in [1.165, 1.54) is 6.20 Å². The first kappa shape index (κ1) is 17.3. The Labute approximate surface area is 157 Å². The lowest BCUT2D eigenvalue weighted by Crippen LogP contribution is -2.41. The van der Waals surface area contributed by atoms with E-state index in [0.29, 0.717) is 35.2 Å². The largest absolute Gasteiger partial charge is 0.508 e. The fourth-order valence-electron chi connectivity index (χ4n) is 3.20. The molecule has 7 nitrogen and oxygen atoms in total. The number of phenolic OH excluding ortho intramolecular Hbond substituents is 1. The third-order valence-corrected chi connectivity index (χ3v) is 5.27. The maximum absolute atomic E-state index is 12.7. The molecule has 1 aliphatic heterocycles. The molecule has 1 aromatic heterocycles. The third-order valence-electron chi connectivity index (χ3n) is 5.27. The van der Waals surface area contributed by atoms with Gasteiger partial charge in [0.2, 0.25) is 5.91 Å². The molecule has 0 spiro atoms. The van der Waals surface area contributed by atoms with Crippen LogP contribution in [0.4, 0.5) is 17.2 Å². The Morgan fingerprint density at radius 2 is 2.11 bits per heavy atom. The molecule has 2 amide bonds. The maximum atomic E-state index is 12.7. The summed E-state index contributed by atoms with van der Waals surface area (Å²) in [5.41, 5.74) is 3.21. The number of benzene rings is 1. The van der Waals surface area contributed by atoms with Crippen molar-refractivity contribution in [1.29, 1.82) is 0 Å². The second kappa shape index (κ2) is 6.57. The van der Waals surface area contributed by atoms with E-state index in [-0.39, 0.29) is 24.1 Å². The van der Waals surface area contributed by atoms with Crippen molar-refractivity contribution in [2.75, 3.05) is 28.6 Å². The van der Waals surface area contributed by atoms with Gasteiger partial charge in [0.25, 0.3) is 5.91 Å². The molecule has 1 saturated carbocycles. The summed E-state index contributed by atoms with van der Waals surface area (Å²) >= 11 is 0. The Morgan fingerprint density at radius 1 is 1.33 bits per heavy atom. The molecule has 0 bridgehead atoms. The molecule has 4 rings (SSSR count). The van der Waals surface area contributed by atoms with Crippen LogP contribution in [-0.2, 0) is 4.79 Å². The molecule has 27 heavy (non-hydrogen) atoms. The van der Waals surface area contributed by atoms with Gasteiger partial charge in [0.1, 0.15) is 11.6 Å². The monoisotopic (exact) mass is 366 g/mol. The minimum absolute atomic E-state index is 0.00115. The molecule has 1 aromatic carbocycles. The fraction of sp³-hybridized carbons (Fsp3) is 0.350. The Morgan fingerprint density at radius 3 is 2.85 bits per heavy atom. The van der Waals surface area contributed by atoms with E-state index in [0.717, 1.165) is 24.0 Å². The molecule has 0 atom stereocenters. The van der Waals surface area contributed by atoms with E-state index in [1.807, 2.05) is 6.92 Å². The summed E-state index contributed by atoms with van der Waals surface area (Å²) in [5.74, 6) is 1.06. The van der Waals surface area contributed by atoms with Crippen molar-refractivity contribution >= 4 is 29.0 Å². The molecular weight excluding hydrogens is 344 g/mol. The first-order valence-corrected chi connectivity index (χ1v) is 9.09. The van der Waals surface area contributed by atoms with Gasteiger partial charge in [-0.2, -0.15) is 0 Å². The number of nitrogens with zero attached hydrogens (tertiary/aromatic N) is 2. The summed E-state index contributed by atoms with van der Waals surface area (Å²) in [5, 5.41) is 15.7. The zero-order valence-electron chi connectivity index (χ0n) is 15.4. The van der Waals surface area contributed by atoms with Crippen molar-refractivity contribution in [3.05, 3.63) is 41.1 Å². The lowest BCUT2D eigenvalue weighted by Gasteiger charge is -2.29. The minimum Gasteiger partial charge on any atom is -0.508 e. The summed E-state index contributed by atoms with van der Waals surface area (Å²) in [6.45, 7) is 4.55. The molecule has 3 N–H and O–H groups in total. The summed E-state index contributed by atoms with van der Waals surface area (Å²) in [6, 6.07) is 4.95. The zero-order valence-corrected chi connectivity index (χ0v) is 15.4. The van der Waals surface area contributed by atoms with Crippen LogP contribution in [0.5, 0.6) is 5.75 Å². The molecule has 0 saturated heterocycles. The van der Waals surface area contributed by atoms with E-state index in [2.05, 4.69) is 15.6 Å². The van der Waals surface area contributed by atoms with E-state index in [9.17, 15) is 14.7 Å². The average molecular weight is 366 g/mol. The number of phenols is 1. The van der Waals surface area contributed by atoms with Crippen molar-refractivity contribution in [2.24, 2.45) is 5.92 Å². The average Bonchev–Trinajstić information content (AvgIpc) is 3.48. The number of hydrogen-bond acceptors (Lipinski definition) is 5. The van der Waals surface area contributed by atoms with E-state index in [1.54, 1.807) is 30.0 Å². The summed E-state index contributed by atoms with van der Waals surface area (Å²) in [7, 11) is 0. The van der Waals surface area contributed by atoms with Crippen LogP contribution in [0.15, 0.2) is 24.4 Å². The van der Waals surface area contributed by atoms with Gasteiger partial charge in [-0.1, -0.05) is 0 Å². The number of aromatic nitrogens is 1. The second-order valence-corrected chi connectivity index (χ2v) is 7.23. The number of carbonyl (C=O) groups excluding carboxylic acids is 2. The van der Waals surface area contributed by atoms with Crippen LogP contribution in [0.25, 0.3) is 0 Å². The smallest absolute Gasteiger partial charge is 0.257 e. The van der Waals surface area contributed by atoms with Crippen LogP contribution in [0.3, 0.4) is 0 Å². The molecule has 0 radical (unpaired) electrons. The van der Waals surface area contributed by atoms with Crippen molar-refractivity contribution in [1.82, 2.24) is 4.98 Å². The lowest BCUT2D eigenvalue weighted by molar-refractivity contribution is -0.117. The number of rotatable bonds is 4. The second-order valence-electron chi connectivity index (χ2n) is 7.23. The quantitative estimate of drug-likeness (QED) is 0.724. The Bertz CT molecular complexity index is 937. The summed E-state index contributed by atoms with van der Waals surface area (Å²) < 4.78 is 0. The van der Waals surface area contributed by atoms with Crippen LogP contribution in [0.1, 0.15) is 34.3 Å². The molecular formula is C20H22N4O3. The number of amides is 2. The molecule has 2 heterocycles. The Balaban J connectivity index is 1.61. The highest BCUT2D eigenvalue weighted by atomic mass is 16.3. The first-order valence-electron chi connectivity index (χ1n) is 9.09. The first-order chi connectivity index (χ1) is 12.9. The van der Waals surface area contributed by atoms with Crippen LogP contribution in [-0.4, -0.2) is 35.0 Å². The number of carbonyl (C=O) groups is 2. The van der Waals surface area contributed by atoms with E-state index < -0.39 is 0 Å². The van der Waals surface area contributed by atoms with Crippen molar-refractivity contribution < 1.29 is 14.7 Å². The predicted molar refractivity (Wildman–Crippen MR) is 103 cm³/mol. The van der Waals surface area contributed by atoms with Crippen LogP contribution in [0.2, 0.25) is 0 Å². The fourth-order valence-corrected chi connectivity index (χ4v) is 3.20. The lowest BCUT2D eigenvalue weighted by atomic mass is 10.1. The predicted octanol–water partition coefficient (Wildman–Crippen LogP) is 2.82. The van der Waals surface area contributed by atoms with Gasteiger partial charge in [-0.25, -0.2) is 4.98 Å². The van der Waals surface area contributed by atoms with Crippen LogP contribution in [0, 0.1) is 19.8 Å². The van der Waals surface area contributed by atoms with Gasteiger partial charge in [0.05, 0.1) is 17.8 Å². The maximum Gasteiger partial charge on any atom is 0.257 e. The normalized spacial score (nSPS) is 15.9. The number of fused-ring (bicyclic) bond motifs is 1. The molecule has 2 aromatic rings. The molecule has 0 unspecified atom stereocenters. The number of aromatic hydroxyl groups is 1. The highest BCUT2D eigenvalue weighted by Crippen LogP contribution is 2.35. The highest BCUT2D eigenvalue weighted by molar-refractivity contribution is 6.08. The zero-order chi connectivity index (χ0) is 19.1. The van der Waals surface area contributed by atoms with Gasteiger partial charge in [0.15, 0.2) is 0 Å². The molecule has 1 aliphatic carbocycles. The molecule has 1 fully saturated rings. The number of nitrogens with one attached hydrogen (secondary N) is 2. The van der Waals surface area contributed by atoms with Gasteiger partial charge >= 0.3 is 0 Å². The summed E-state index contributed by atoms with van der Waals surface area (Å²) in [4.78, 5) is 31.1. The number of anilines is 3. The van der Waals surface area contributed by atoms with Gasteiger partial charge in [0, 0.05) is 18.4 Å². The SMILES string of the molecule is Cc1c(O)ccc(NC(=O)c2cnc3c(c2)N(CC2CC2)C(=O)CN3)c1C. The minimum atomic E-state index is -0.303. The molecule has 2 aliphatic rings. The highest BCUT2D eigenvalue weighted by Gasteiger charge is 2.32. The van der Waals surface area contributed by atoms with Gasteiger partial charge in [-0.15, -0.1) is 0 Å². The Hall–Kier alpha value is -3.09. The van der Waals surface area contributed by atoms with Gasteiger partial charge < -0.3 is 20.6 Å². The number of pyridine rings is 1. The van der Waals surface area contributed by atoms with Gasteiger partial charge in [-0.3, -0.25) is 9.59 Å². The number of hydrogen-bond donors (Lipinski definition) is 3. The third kappa shape index (κ3) is 3.32. The van der Waals surface area contributed by atoms with Crippen LogP contribution < -0.4 is 15.5 Å². The van der Waals surface area contributed by atoms with Gasteiger partial charge in [-0.05, 0) is 61.9 Å². The van der Waals surface area contributed by atoms with Crippen LogP contribution >= 0.6 is 0 Å². The van der Waals surface area contributed by atoms with E-state index in [4.69, 9.17) is 0 Å². The molecule has 7 heteroatoms. The Kier molecular flexibility index (Phi) is 4.22. The van der Waals surface area contributed by atoms with E-state index >= 15 is 0 Å². The molecule has 140 valence electrons. The van der Waals surface area contributed by atoms with Crippen molar-refractivity contribution in [3.63, 3.8) is 0 Å². The summed E-state index contributed by atoms with van der Waals surface area (Å²) in [6.07, 6.45) is 3.79. The standard InChI is InChI=1S/C20H22N4O3/c1-11-12(2)17(25)6-5-15(11)23-20(27)14-7-16-19(21-8-14)22-9-18(26)24(16)10-13-3-4-13/h5-8,13,25H,3-4,9-10H2,1-2H3,(H,21,22)(H,23,27). The van der Waals surface area contributed by atoms with Crippen molar-refractivity contribution in [3.8, 4) is 5.75 Å². The van der Waals surface area contributed by atoms with Crippen molar-refractivity contribution in [2.45, 2.75) is 26.7 Å². The topological polar surface area (TPSA) is 94.6 Å².